The molecule has 0 spiro atoms. The van der Waals surface area contributed by atoms with E-state index >= 15 is 0 Å². The summed E-state index contributed by atoms with van der Waals surface area (Å²) in [5.41, 5.74) is 0. The highest BCUT2D eigenvalue weighted by Crippen LogP contribution is 2.38. The molecule has 1 aliphatic carbocycles. The van der Waals surface area contributed by atoms with Crippen LogP contribution in [0, 0.1) is 11.8 Å². The third-order valence-electron chi connectivity index (χ3n) is 9.89. The predicted octanol–water partition coefficient (Wildman–Crippen LogP) is 7.92. The zero-order valence-electron chi connectivity index (χ0n) is 34.5. The maximum atomic E-state index is 12.6. The molecule has 11 nitrogen and oxygen atoms in total. The van der Waals surface area contributed by atoms with Crippen LogP contribution in [0.1, 0.15) is 142 Å². The molecule has 1 unspecified atom stereocenters. The first-order valence-electron chi connectivity index (χ1n) is 21.0. The van der Waals surface area contributed by atoms with Crippen molar-refractivity contribution in [2.24, 2.45) is 11.8 Å². The second-order valence-corrected chi connectivity index (χ2v) is 17.5. The second kappa shape index (κ2) is 30.6. The van der Waals surface area contributed by atoms with Crippen molar-refractivity contribution >= 4 is 13.8 Å². The fourth-order valence-electron chi connectivity index (χ4n) is 6.44. The number of hydrogen-bond donors (Lipinski definition) is 3. The first-order valence-corrected chi connectivity index (χ1v) is 22.5. The molecule has 1 fully saturated rings. The van der Waals surface area contributed by atoms with Crippen molar-refractivity contribution in [1.29, 1.82) is 0 Å². The molecule has 3 N–H and O–H groups in total. The van der Waals surface area contributed by atoms with Crippen molar-refractivity contribution in [1.82, 2.24) is 0 Å². The van der Waals surface area contributed by atoms with E-state index in [1.165, 1.54) is 70.5 Å². The fourth-order valence-corrected chi connectivity index (χ4v) is 7.17. The molecule has 12 heteroatoms. The Hall–Kier alpha value is -1.56. The number of unbranched alkanes of at least 4 members (excludes halogenated alkanes) is 14. The second-order valence-electron chi connectivity index (χ2n) is 16.1. The van der Waals surface area contributed by atoms with Crippen molar-refractivity contribution in [2.75, 3.05) is 47.5 Å². The van der Waals surface area contributed by atoms with E-state index < -0.39 is 38.2 Å². The Balaban J connectivity index is 2.55. The third-order valence-corrected chi connectivity index (χ3v) is 10.9. The van der Waals surface area contributed by atoms with Crippen LogP contribution in [0.2, 0.25) is 0 Å². The summed E-state index contributed by atoms with van der Waals surface area (Å²) in [6, 6.07) is 0. The summed E-state index contributed by atoms with van der Waals surface area (Å²) in [6.07, 6.45) is 28.1. The number of aliphatic hydroxyl groups is 3. The van der Waals surface area contributed by atoms with Gasteiger partial charge in [-0.2, -0.15) is 0 Å². The average molecular weight is 788 g/mol. The number of quaternary nitrogens is 1. The molecule has 0 saturated heterocycles. The lowest BCUT2D eigenvalue weighted by Gasteiger charge is -2.28. The molecule has 7 atom stereocenters. The predicted molar refractivity (Wildman–Crippen MR) is 214 cm³/mol. The van der Waals surface area contributed by atoms with E-state index in [9.17, 15) is 29.6 Å². The Morgan fingerprint density at radius 2 is 1.44 bits per heavy atom. The fraction of sp³-hybridized carbons (Fsp3) is 0.833. The molecule has 0 heterocycles. The number of carbonyl (C=O) groups is 1. The maximum absolute atomic E-state index is 12.6. The summed E-state index contributed by atoms with van der Waals surface area (Å²) in [7, 11) is 1.19. The van der Waals surface area contributed by atoms with Gasteiger partial charge < -0.3 is 43.2 Å². The van der Waals surface area contributed by atoms with Crippen molar-refractivity contribution in [3.8, 4) is 0 Å². The lowest BCUT2D eigenvalue weighted by atomic mass is 9.89. The molecule has 1 saturated carbocycles. The Morgan fingerprint density at radius 3 is 2.07 bits per heavy atom. The summed E-state index contributed by atoms with van der Waals surface area (Å²) in [5.74, 6) is -1.06. The number of likely N-dealkylation sites (N-methyl/N-ethyl adjacent to an activating group) is 1. The molecule has 0 aromatic heterocycles. The molecule has 1 aliphatic rings. The van der Waals surface area contributed by atoms with E-state index in [1.54, 1.807) is 18.2 Å². The van der Waals surface area contributed by atoms with Crippen LogP contribution in [0.3, 0.4) is 0 Å². The Kier molecular flexibility index (Phi) is 28.6. The highest BCUT2D eigenvalue weighted by atomic mass is 31.2. The number of allylic oxidation sites excluding steroid dienone is 2. The van der Waals surface area contributed by atoms with Gasteiger partial charge in [-0.1, -0.05) is 128 Å². The minimum Gasteiger partial charge on any atom is -0.756 e. The van der Waals surface area contributed by atoms with Gasteiger partial charge in [-0.25, -0.2) is 0 Å². The van der Waals surface area contributed by atoms with Crippen LogP contribution in [0.5, 0.6) is 0 Å². The number of rotatable bonds is 34. The van der Waals surface area contributed by atoms with Gasteiger partial charge in [-0.3, -0.25) is 9.36 Å². The van der Waals surface area contributed by atoms with Crippen molar-refractivity contribution < 1.29 is 52.6 Å². The van der Waals surface area contributed by atoms with Crippen molar-refractivity contribution in [3.63, 3.8) is 0 Å². The van der Waals surface area contributed by atoms with E-state index in [0.29, 0.717) is 23.9 Å². The highest BCUT2D eigenvalue weighted by Gasteiger charge is 2.39. The number of ether oxygens (including phenoxy) is 2. The van der Waals surface area contributed by atoms with Crippen LogP contribution in [0.4, 0.5) is 0 Å². The third kappa shape index (κ3) is 27.1. The van der Waals surface area contributed by atoms with Crippen LogP contribution >= 0.6 is 7.82 Å². The Labute approximate surface area is 328 Å². The first kappa shape index (κ1) is 50.5. The van der Waals surface area contributed by atoms with Crippen LogP contribution in [0.15, 0.2) is 36.6 Å². The van der Waals surface area contributed by atoms with E-state index in [-0.39, 0.29) is 44.5 Å². The molecule has 0 bridgehead atoms. The van der Waals surface area contributed by atoms with Crippen LogP contribution in [0.25, 0.3) is 0 Å². The van der Waals surface area contributed by atoms with Gasteiger partial charge in [0.25, 0.3) is 7.82 Å². The number of carbonyl (C=O) groups excluding carboxylic acids is 1. The average Bonchev–Trinajstić information content (AvgIpc) is 3.38. The summed E-state index contributed by atoms with van der Waals surface area (Å²) in [4.78, 5) is 25.0. The summed E-state index contributed by atoms with van der Waals surface area (Å²) >= 11 is 0. The van der Waals surface area contributed by atoms with Crippen LogP contribution in [-0.4, -0.2) is 97.7 Å². The molecule has 0 aromatic rings. The standard InChI is InChI=1S/C42H78NO10P/c1-6-8-10-11-12-13-14-15-16-17-18-19-20-24-31-50-37(35-53-54(48,49)52-32-30-43(3,4)5)34-51-42(47)27-23-22-26-38-39(41(46)33-40(38)45)29-28-36(44)25-21-9-7-2/h22-24,28-29,31,36-41,44-46H,6-21,25-27,30,32-35H2,1-5H3/b23-22-,29-28+,31-24+/t36-,37-,38+,39-,40+,41-/m1/s1. The van der Waals surface area contributed by atoms with Crippen molar-refractivity contribution in [3.05, 3.63) is 36.6 Å². The zero-order chi connectivity index (χ0) is 40.1. The van der Waals surface area contributed by atoms with Crippen LogP contribution < -0.4 is 4.89 Å². The van der Waals surface area contributed by atoms with Crippen LogP contribution in [-0.2, 0) is 27.9 Å². The molecule has 0 radical (unpaired) electrons. The quantitative estimate of drug-likeness (QED) is 0.0146. The maximum Gasteiger partial charge on any atom is 0.309 e. The first-order chi connectivity index (χ1) is 25.8. The summed E-state index contributed by atoms with van der Waals surface area (Å²) in [6.45, 7) is 4.22. The summed E-state index contributed by atoms with van der Waals surface area (Å²) in [5, 5.41) is 31.3. The topological polar surface area (TPSA) is 155 Å². The minimum atomic E-state index is -4.59. The lowest BCUT2D eigenvalue weighted by Crippen LogP contribution is -2.37. The molecular formula is C42H78NO10P. The van der Waals surface area contributed by atoms with Gasteiger partial charge in [0.2, 0.25) is 0 Å². The van der Waals surface area contributed by atoms with Gasteiger partial charge in [-0.05, 0) is 37.7 Å². The van der Waals surface area contributed by atoms with E-state index in [0.717, 1.165) is 38.5 Å². The zero-order valence-corrected chi connectivity index (χ0v) is 35.4. The Morgan fingerprint density at radius 1 is 0.833 bits per heavy atom. The van der Waals surface area contributed by atoms with E-state index in [1.807, 2.05) is 33.3 Å². The monoisotopic (exact) mass is 788 g/mol. The minimum absolute atomic E-state index is 0.0229. The van der Waals surface area contributed by atoms with Gasteiger partial charge in [0.15, 0.2) is 6.10 Å². The number of phosphoric acid groups is 1. The summed E-state index contributed by atoms with van der Waals surface area (Å²) < 4.78 is 34.2. The molecule has 316 valence electrons. The van der Waals surface area contributed by atoms with Gasteiger partial charge in [0, 0.05) is 12.3 Å². The largest absolute Gasteiger partial charge is 0.756 e. The number of hydrogen-bond acceptors (Lipinski definition) is 10. The van der Waals surface area contributed by atoms with Gasteiger partial charge in [-0.15, -0.1) is 0 Å². The van der Waals surface area contributed by atoms with Gasteiger partial charge >= 0.3 is 5.97 Å². The smallest absolute Gasteiger partial charge is 0.309 e. The molecular weight excluding hydrogens is 709 g/mol. The molecule has 1 rings (SSSR count). The molecule has 54 heavy (non-hydrogen) atoms. The lowest BCUT2D eigenvalue weighted by molar-refractivity contribution is -0.870. The van der Waals surface area contributed by atoms with Gasteiger partial charge in [0.1, 0.15) is 19.8 Å². The SMILES string of the molecule is CCCCCCCCCCCCCC/C=C/O[C@H](COC(=O)C/C=C\C[C@H]1[C@@H](/C=C/[C@H](O)CCCCC)[C@H](O)C[C@@H]1O)COP(=O)([O-])OCC[N+](C)(C)C. The Bertz CT molecular complexity index is 1080. The number of esters is 1. The molecule has 0 aromatic carbocycles. The number of phosphoric ester groups is 1. The van der Waals surface area contributed by atoms with Gasteiger partial charge in [0.05, 0.1) is 58.7 Å². The highest BCUT2D eigenvalue weighted by molar-refractivity contribution is 7.45. The molecule has 0 aliphatic heterocycles. The number of aliphatic hydroxyl groups excluding tert-OH is 3. The van der Waals surface area contributed by atoms with E-state index in [2.05, 4.69) is 13.8 Å². The molecule has 0 amide bonds. The van der Waals surface area contributed by atoms with E-state index in [4.69, 9.17) is 18.5 Å². The normalized spacial score (nSPS) is 21.6. The number of nitrogens with zero attached hydrogens (tertiary/aromatic N) is 1. The van der Waals surface area contributed by atoms with Crippen molar-refractivity contribution in [2.45, 2.75) is 167 Å².